The lowest BCUT2D eigenvalue weighted by Gasteiger charge is -2.23. The molecular formula is C14H19ClOS. The third-order valence-corrected chi connectivity index (χ3v) is 6.45. The summed E-state index contributed by atoms with van der Waals surface area (Å²) >= 11 is 7.82. The molecule has 1 aromatic rings. The van der Waals surface area contributed by atoms with Gasteiger partial charge >= 0.3 is 0 Å². The molecule has 2 saturated carbocycles. The summed E-state index contributed by atoms with van der Waals surface area (Å²) < 4.78 is 0. The van der Waals surface area contributed by atoms with Crippen molar-refractivity contribution in [2.24, 2.45) is 17.8 Å². The van der Waals surface area contributed by atoms with Gasteiger partial charge in [0.1, 0.15) is 0 Å². The number of thiophene rings is 1. The van der Waals surface area contributed by atoms with Crippen molar-refractivity contribution < 1.29 is 5.11 Å². The number of hydrogen-bond acceptors (Lipinski definition) is 2. The first kappa shape index (κ1) is 12.0. The Labute approximate surface area is 112 Å². The maximum absolute atomic E-state index is 10.3. The molecule has 2 aliphatic carbocycles. The van der Waals surface area contributed by atoms with Crippen molar-refractivity contribution in [1.82, 2.24) is 0 Å². The average Bonchev–Trinajstić information content (AvgIpc) is 2.96. The molecule has 3 rings (SSSR count). The average molecular weight is 271 g/mol. The number of hydrogen-bond donors (Lipinski definition) is 1. The van der Waals surface area contributed by atoms with Crippen LogP contribution in [0, 0.1) is 24.7 Å². The predicted octanol–water partition coefficient (Wildman–Crippen LogP) is 4.57. The van der Waals surface area contributed by atoms with Crippen LogP contribution in [0.5, 0.6) is 0 Å². The number of fused-ring (bicyclic) bond motifs is 2. The smallest absolute Gasteiger partial charge is 0.0899 e. The third-order valence-electron chi connectivity index (χ3n) is 4.64. The molecule has 2 fully saturated rings. The second-order valence-corrected chi connectivity index (χ2v) is 7.07. The van der Waals surface area contributed by atoms with Crippen LogP contribution in [0.4, 0.5) is 0 Å². The number of aryl methyl sites for hydroxylation is 1. The molecule has 1 nitrogen and oxygen atoms in total. The zero-order valence-electron chi connectivity index (χ0n) is 10.2. The first-order chi connectivity index (χ1) is 8.15. The van der Waals surface area contributed by atoms with Crippen LogP contribution in [0.15, 0.2) is 5.38 Å². The van der Waals surface area contributed by atoms with Crippen molar-refractivity contribution in [3.8, 4) is 0 Å². The highest BCUT2D eigenvalue weighted by Gasteiger charge is 2.40. The van der Waals surface area contributed by atoms with E-state index in [0.29, 0.717) is 0 Å². The molecule has 1 aromatic heterocycles. The lowest BCUT2D eigenvalue weighted by atomic mass is 9.84. The standard InChI is InChI=1S/C14H19ClOS/c1-8-7-17-14(13(8)15)12(16)6-11-5-9-2-3-10(11)4-9/h7,9-12,16H,2-6H2,1H3. The van der Waals surface area contributed by atoms with Gasteiger partial charge in [0.05, 0.1) is 16.0 Å². The molecule has 0 amide bonds. The van der Waals surface area contributed by atoms with Gasteiger partial charge in [-0.15, -0.1) is 11.3 Å². The van der Waals surface area contributed by atoms with E-state index < -0.39 is 0 Å². The van der Waals surface area contributed by atoms with Gasteiger partial charge in [0, 0.05) is 0 Å². The van der Waals surface area contributed by atoms with Gasteiger partial charge in [-0.25, -0.2) is 0 Å². The van der Waals surface area contributed by atoms with Gasteiger partial charge in [0.15, 0.2) is 0 Å². The van der Waals surface area contributed by atoms with E-state index in [9.17, 15) is 5.11 Å². The second-order valence-electron chi connectivity index (χ2n) is 5.78. The van der Waals surface area contributed by atoms with E-state index in [2.05, 4.69) is 0 Å². The predicted molar refractivity (Wildman–Crippen MR) is 72.6 cm³/mol. The molecule has 2 bridgehead atoms. The van der Waals surface area contributed by atoms with E-state index in [1.807, 2.05) is 12.3 Å². The molecule has 0 aromatic carbocycles. The summed E-state index contributed by atoms with van der Waals surface area (Å²) in [6, 6.07) is 0. The summed E-state index contributed by atoms with van der Waals surface area (Å²) in [4.78, 5) is 0.979. The number of aliphatic hydroxyl groups excluding tert-OH is 1. The third kappa shape index (κ3) is 2.16. The summed E-state index contributed by atoms with van der Waals surface area (Å²) in [7, 11) is 0. The molecule has 0 aliphatic heterocycles. The highest BCUT2D eigenvalue weighted by molar-refractivity contribution is 7.10. The minimum absolute atomic E-state index is 0.342. The largest absolute Gasteiger partial charge is 0.388 e. The normalized spacial score (nSPS) is 33.2. The maximum Gasteiger partial charge on any atom is 0.0899 e. The number of aliphatic hydroxyl groups is 1. The quantitative estimate of drug-likeness (QED) is 0.853. The molecule has 4 unspecified atom stereocenters. The Kier molecular flexibility index (Phi) is 3.22. The number of rotatable bonds is 3. The Balaban J connectivity index is 1.67. The zero-order valence-corrected chi connectivity index (χ0v) is 11.7. The minimum atomic E-state index is -0.342. The van der Waals surface area contributed by atoms with Crippen LogP contribution in [-0.4, -0.2) is 5.11 Å². The molecule has 1 heterocycles. The lowest BCUT2D eigenvalue weighted by Crippen LogP contribution is -2.14. The minimum Gasteiger partial charge on any atom is -0.388 e. The monoisotopic (exact) mass is 270 g/mol. The molecule has 0 radical (unpaired) electrons. The highest BCUT2D eigenvalue weighted by Crippen LogP contribution is 2.51. The van der Waals surface area contributed by atoms with Crippen molar-refractivity contribution in [3.05, 3.63) is 20.8 Å². The van der Waals surface area contributed by atoms with Gasteiger partial charge in [0.25, 0.3) is 0 Å². The molecule has 4 atom stereocenters. The molecule has 3 heteroatoms. The van der Waals surface area contributed by atoms with Crippen LogP contribution in [0.3, 0.4) is 0 Å². The summed E-state index contributed by atoms with van der Waals surface area (Å²) in [5, 5.41) is 13.2. The van der Waals surface area contributed by atoms with Gasteiger partial charge < -0.3 is 5.11 Å². The van der Waals surface area contributed by atoms with Crippen LogP contribution in [0.1, 0.15) is 48.6 Å². The van der Waals surface area contributed by atoms with Crippen LogP contribution in [0.2, 0.25) is 5.02 Å². The molecule has 94 valence electrons. The Hall–Kier alpha value is -0.0500. The van der Waals surface area contributed by atoms with Crippen LogP contribution < -0.4 is 0 Å². The van der Waals surface area contributed by atoms with Gasteiger partial charge in [0.2, 0.25) is 0 Å². The van der Waals surface area contributed by atoms with Crippen molar-refractivity contribution >= 4 is 22.9 Å². The van der Waals surface area contributed by atoms with Crippen LogP contribution in [0.25, 0.3) is 0 Å². The van der Waals surface area contributed by atoms with Crippen LogP contribution in [-0.2, 0) is 0 Å². The Morgan fingerprint density at radius 3 is 2.82 bits per heavy atom. The summed E-state index contributed by atoms with van der Waals surface area (Å²) in [6.07, 6.45) is 6.14. The van der Waals surface area contributed by atoms with Crippen molar-refractivity contribution in [2.45, 2.75) is 45.1 Å². The Morgan fingerprint density at radius 2 is 2.29 bits per heavy atom. The van der Waals surface area contributed by atoms with Gasteiger partial charge in [-0.3, -0.25) is 0 Å². The first-order valence-electron chi connectivity index (χ1n) is 6.56. The van der Waals surface area contributed by atoms with Crippen LogP contribution >= 0.6 is 22.9 Å². The fraction of sp³-hybridized carbons (Fsp3) is 0.714. The summed E-state index contributed by atoms with van der Waals surface area (Å²) in [6.45, 7) is 2.01. The van der Waals surface area contributed by atoms with E-state index >= 15 is 0 Å². The Morgan fingerprint density at radius 1 is 1.47 bits per heavy atom. The zero-order chi connectivity index (χ0) is 12.0. The summed E-state index contributed by atoms with van der Waals surface area (Å²) in [5.41, 5.74) is 1.10. The second kappa shape index (κ2) is 4.56. The first-order valence-corrected chi connectivity index (χ1v) is 7.82. The van der Waals surface area contributed by atoms with Crippen molar-refractivity contribution in [3.63, 3.8) is 0 Å². The maximum atomic E-state index is 10.3. The van der Waals surface area contributed by atoms with E-state index in [0.717, 1.165) is 39.6 Å². The highest BCUT2D eigenvalue weighted by atomic mass is 35.5. The van der Waals surface area contributed by atoms with E-state index in [4.69, 9.17) is 11.6 Å². The molecular weight excluding hydrogens is 252 g/mol. The van der Waals surface area contributed by atoms with Crippen molar-refractivity contribution in [2.75, 3.05) is 0 Å². The fourth-order valence-electron chi connectivity index (χ4n) is 3.73. The molecule has 17 heavy (non-hydrogen) atoms. The van der Waals surface area contributed by atoms with Gasteiger partial charge in [-0.2, -0.15) is 0 Å². The summed E-state index contributed by atoms with van der Waals surface area (Å²) in [5.74, 6) is 2.58. The van der Waals surface area contributed by atoms with Crippen molar-refractivity contribution in [1.29, 1.82) is 0 Å². The molecule has 1 N–H and O–H groups in total. The molecule has 0 saturated heterocycles. The topological polar surface area (TPSA) is 20.2 Å². The van der Waals surface area contributed by atoms with E-state index in [1.165, 1.54) is 25.7 Å². The fourth-order valence-corrected chi connectivity index (χ4v) is 5.05. The van der Waals surface area contributed by atoms with E-state index in [-0.39, 0.29) is 6.10 Å². The SMILES string of the molecule is Cc1csc(C(O)CC2CC3CCC2C3)c1Cl. The number of halogens is 1. The van der Waals surface area contributed by atoms with E-state index in [1.54, 1.807) is 11.3 Å². The van der Waals surface area contributed by atoms with Gasteiger partial charge in [-0.1, -0.05) is 18.0 Å². The molecule has 0 spiro atoms. The Bertz CT molecular complexity index is 414. The molecule has 2 aliphatic rings. The lowest BCUT2D eigenvalue weighted by molar-refractivity contribution is 0.128. The van der Waals surface area contributed by atoms with Gasteiger partial charge in [-0.05, 0) is 61.3 Å².